The fourth-order valence-electron chi connectivity index (χ4n) is 1.73. The summed E-state index contributed by atoms with van der Waals surface area (Å²) in [7, 11) is 3.32. The van der Waals surface area contributed by atoms with Crippen molar-refractivity contribution in [1.29, 1.82) is 0 Å². The second-order valence-corrected chi connectivity index (χ2v) is 5.32. The number of halogens is 2. The first-order valence-corrected chi connectivity index (χ1v) is 6.92. The zero-order valence-electron chi connectivity index (χ0n) is 10.0. The molecule has 0 atom stereocenters. The minimum absolute atomic E-state index is 0.814. The molecular weight excluding hydrogens is 360 g/mol. The maximum Gasteiger partial charge on any atom is 0.142 e. The highest BCUT2D eigenvalue weighted by Gasteiger charge is 2.12. The first kappa shape index (κ1) is 13.4. The molecule has 0 spiro atoms. The summed E-state index contributed by atoms with van der Waals surface area (Å²) < 4.78 is 12.5. The maximum absolute atomic E-state index is 5.46. The Kier molecular flexibility index (Phi) is 4.30. The fourth-order valence-corrected chi connectivity index (χ4v) is 2.55. The molecule has 0 aromatic heterocycles. The van der Waals surface area contributed by atoms with Gasteiger partial charge >= 0.3 is 0 Å². The Morgan fingerprint density at radius 3 is 2.06 bits per heavy atom. The van der Waals surface area contributed by atoms with Gasteiger partial charge in [-0.1, -0.05) is 12.1 Å². The molecule has 2 nitrogen and oxygen atoms in total. The zero-order valence-corrected chi connectivity index (χ0v) is 13.2. The van der Waals surface area contributed by atoms with Crippen LogP contribution in [0.1, 0.15) is 0 Å². The highest BCUT2D eigenvalue weighted by Crippen LogP contribution is 2.40. The van der Waals surface area contributed by atoms with Gasteiger partial charge in [-0.3, -0.25) is 0 Å². The third-order valence-corrected chi connectivity index (χ3v) is 4.64. The molecule has 2 aromatic rings. The van der Waals surface area contributed by atoms with Crippen molar-refractivity contribution >= 4 is 31.9 Å². The number of methoxy groups -OCH3 is 2. The average Bonchev–Trinajstić information content (AvgIpc) is 2.42. The highest BCUT2D eigenvalue weighted by molar-refractivity contribution is 9.13. The SMILES string of the molecule is COc1ccc(-c2ccc(Br)c(Br)c2OC)cc1. The molecule has 0 saturated heterocycles. The lowest BCUT2D eigenvalue weighted by Crippen LogP contribution is -1.90. The summed E-state index contributed by atoms with van der Waals surface area (Å²) in [6, 6.07) is 11.9. The second-order valence-electron chi connectivity index (χ2n) is 3.67. The van der Waals surface area contributed by atoms with Crippen molar-refractivity contribution in [3.8, 4) is 22.6 Å². The zero-order chi connectivity index (χ0) is 13.1. The monoisotopic (exact) mass is 370 g/mol. The molecule has 0 aliphatic carbocycles. The van der Waals surface area contributed by atoms with Crippen LogP contribution in [0.25, 0.3) is 11.1 Å². The van der Waals surface area contributed by atoms with Crippen LogP contribution in [0, 0.1) is 0 Å². The molecule has 0 aliphatic rings. The molecule has 0 amide bonds. The minimum atomic E-state index is 0.814. The fraction of sp³-hybridized carbons (Fsp3) is 0.143. The lowest BCUT2D eigenvalue weighted by atomic mass is 10.0. The van der Waals surface area contributed by atoms with Gasteiger partial charge in [0.1, 0.15) is 11.5 Å². The summed E-state index contributed by atoms with van der Waals surface area (Å²) >= 11 is 6.99. The predicted molar refractivity (Wildman–Crippen MR) is 80.4 cm³/mol. The Balaban J connectivity index is 2.52. The molecular formula is C14H12Br2O2. The Morgan fingerprint density at radius 1 is 0.833 bits per heavy atom. The lowest BCUT2D eigenvalue weighted by Gasteiger charge is -2.12. The van der Waals surface area contributed by atoms with Gasteiger partial charge in [0.2, 0.25) is 0 Å². The third-order valence-electron chi connectivity index (χ3n) is 2.66. The van der Waals surface area contributed by atoms with E-state index in [2.05, 4.69) is 31.9 Å². The van der Waals surface area contributed by atoms with Gasteiger partial charge in [-0.25, -0.2) is 0 Å². The van der Waals surface area contributed by atoms with E-state index >= 15 is 0 Å². The van der Waals surface area contributed by atoms with Crippen molar-refractivity contribution in [2.45, 2.75) is 0 Å². The summed E-state index contributed by atoms with van der Waals surface area (Å²) in [5.41, 5.74) is 2.12. The van der Waals surface area contributed by atoms with Crippen molar-refractivity contribution < 1.29 is 9.47 Å². The first-order valence-electron chi connectivity index (χ1n) is 5.33. The quantitative estimate of drug-likeness (QED) is 0.764. The number of ether oxygens (including phenoxy) is 2. The van der Waals surface area contributed by atoms with E-state index in [0.717, 1.165) is 31.6 Å². The van der Waals surface area contributed by atoms with Gasteiger partial charge in [-0.15, -0.1) is 0 Å². The standard InChI is InChI=1S/C14H12Br2O2/c1-17-10-5-3-9(4-6-10)11-7-8-12(15)13(16)14(11)18-2/h3-8H,1-2H3. The summed E-state index contributed by atoms with van der Waals surface area (Å²) in [5.74, 6) is 1.66. The second kappa shape index (κ2) is 5.76. The van der Waals surface area contributed by atoms with Gasteiger partial charge in [-0.05, 0) is 61.7 Å². The molecule has 2 rings (SSSR count). The molecule has 0 aliphatic heterocycles. The van der Waals surface area contributed by atoms with E-state index in [0.29, 0.717) is 0 Å². The van der Waals surface area contributed by atoms with Crippen molar-refractivity contribution in [3.63, 3.8) is 0 Å². The average molecular weight is 372 g/mol. The van der Waals surface area contributed by atoms with Gasteiger partial charge < -0.3 is 9.47 Å². The molecule has 0 bridgehead atoms. The van der Waals surface area contributed by atoms with E-state index in [4.69, 9.17) is 9.47 Å². The number of benzene rings is 2. The van der Waals surface area contributed by atoms with Crippen LogP contribution in [0.4, 0.5) is 0 Å². The highest BCUT2D eigenvalue weighted by atomic mass is 79.9. The number of rotatable bonds is 3. The first-order chi connectivity index (χ1) is 8.67. The molecule has 94 valence electrons. The Bertz CT molecular complexity index is 550. The van der Waals surface area contributed by atoms with Gasteiger partial charge in [0.05, 0.1) is 18.7 Å². The van der Waals surface area contributed by atoms with E-state index in [1.807, 2.05) is 36.4 Å². The van der Waals surface area contributed by atoms with E-state index < -0.39 is 0 Å². The van der Waals surface area contributed by atoms with Crippen LogP contribution in [0.3, 0.4) is 0 Å². The van der Waals surface area contributed by atoms with Crippen molar-refractivity contribution in [2.24, 2.45) is 0 Å². The Morgan fingerprint density at radius 2 is 1.50 bits per heavy atom. The van der Waals surface area contributed by atoms with E-state index in [-0.39, 0.29) is 0 Å². The van der Waals surface area contributed by atoms with Crippen LogP contribution in [-0.2, 0) is 0 Å². The number of hydrogen-bond donors (Lipinski definition) is 0. The molecule has 0 N–H and O–H groups in total. The Hall–Kier alpha value is -1.00. The van der Waals surface area contributed by atoms with E-state index in [1.165, 1.54) is 0 Å². The largest absolute Gasteiger partial charge is 0.497 e. The topological polar surface area (TPSA) is 18.5 Å². The van der Waals surface area contributed by atoms with Crippen LogP contribution in [0.2, 0.25) is 0 Å². The summed E-state index contributed by atoms with van der Waals surface area (Å²) in [6.45, 7) is 0. The summed E-state index contributed by atoms with van der Waals surface area (Å²) in [5, 5.41) is 0. The molecule has 4 heteroatoms. The molecule has 18 heavy (non-hydrogen) atoms. The predicted octanol–water partition coefficient (Wildman–Crippen LogP) is 4.90. The molecule has 2 aromatic carbocycles. The van der Waals surface area contributed by atoms with Gasteiger partial charge in [-0.2, -0.15) is 0 Å². The van der Waals surface area contributed by atoms with Crippen LogP contribution >= 0.6 is 31.9 Å². The van der Waals surface area contributed by atoms with Crippen LogP contribution in [0.15, 0.2) is 45.3 Å². The molecule has 0 saturated carbocycles. The Labute approximate surface area is 123 Å². The van der Waals surface area contributed by atoms with Crippen molar-refractivity contribution in [3.05, 3.63) is 45.3 Å². The normalized spacial score (nSPS) is 10.2. The molecule has 0 unspecified atom stereocenters. The van der Waals surface area contributed by atoms with Crippen molar-refractivity contribution in [2.75, 3.05) is 14.2 Å². The number of hydrogen-bond acceptors (Lipinski definition) is 2. The van der Waals surface area contributed by atoms with Crippen LogP contribution in [0.5, 0.6) is 11.5 Å². The maximum atomic E-state index is 5.46. The van der Waals surface area contributed by atoms with Crippen LogP contribution < -0.4 is 9.47 Å². The minimum Gasteiger partial charge on any atom is -0.497 e. The summed E-state index contributed by atoms with van der Waals surface area (Å²) in [6.07, 6.45) is 0. The smallest absolute Gasteiger partial charge is 0.142 e. The van der Waals surface area contributed by atoms with Gasteiger partial charge in [0, 0.05) is 10.0 Å². The van der Waals surface area contributed by atoms with E-state index in [9.17, 15) is 0 Å². The molecule has 0 radical (unpaired) electrons. The molecule has 0 fully saturated rings. The van der Waals surface area contributed by atoms with Gasteiger partial charge in [0.25, 0.3) is 0 Å². The lowest BCUT2D eigenvalue weighted by molar-refractivity contribution is 0.413. The van der Waals surface area contributed by atoms with Gasteiger partial charge in [0.15, 0.2) is 0 Å². The van der Waals surface area contributed by atoms with E-state index in [1.54, 1.807) is 14.2 Å². The molecule has 0 heterocycles. The summed E-state index contributed by atoms with van der Waals surface area (Å²) in [4.78, 5) is 0. The third kappa shape index (κ3) is 2.54. The van der Waals surface area contributed by atoms with Crippen LogP contribution in [-0.4, -0.2) is 14.2 Å². The van der Waals surface area contributed by atoms with Crippen molar-refractivity contribution in [1.82, 2.24) is 0 Å².